The van der Waals surface area contributed by atoms with Crippen LogP contribution in [-0.4, -0.2) is 51.8 Å². The third-order valence-corrected chi connectivity index (χ3v) is 5.85. The van der Waals surface area contributed by atoms with E-state index in [9.17, 15) is 9.59 Å². The number of ether oxygens (including phenoxy) is 5. The number of fused-ring (bicyclic) bond motifs is 1. The molecule has 2 amide bonds. The summed E-state index contributed by atoms with van der Waals surface area (Å²) < 4.78 is 27.0. The standard InChI is InChI=1S/C27H28N2O7/c1-32-21-7-5-17(25(13-21)35-4)14-29-15-19-9-20(6-8-24(19)36-16-26(29)30)28-27(31)18-10-22(33-2)12-23(11-18)34-3/h5-13H,14-16H2,1-4H3,(H,28,31). The number of hydrogen-bond acceptors (Lipinski definition) is 7. The molecule has 0 aromatic heterocycles. The van der Waals surface area contributed by atoms with Gasteiger partial charge in [-0.1, -0.05) is 0 Å². The summed E-state index contributed by atoms with van der Waals surface area (Å²) in [5.41, 5.74) is 2.57. The van der Waals surface area contributed by atoms with Crippen molar-refractivity contribution in [3.8, 4) is 28.7 Å². The fourth-order valence-electron chi connectivity index (χ4n) is 3.92. The molecule has 4 rings (SSSR count). The van der Waals surface area contributed by atoms with Crippen LogP contribution >= 0.6 is 0 Å². The van der Waals surface area contributed by atoms with Crippen LogP contribution in [0.25, 0.3) is 0 Å². The first-order chi connectivity index (χ1) is 17.4. The van der Waals surface area contributed by atoms with Gasteiger partial charge >= 0.3 is 0 Å². The number of nitrogens with zero attached hydrogens (tertiary/aromatic N) is 1. The van der Waals surface area contributed by atoms with Crippen LogP contribution in [-0.2, 0) is 17.9 Å². The van der Waals surface area contributed by atoms with Crippen molar-refractivity contribution in [2.45, 2.75) is 13.1 Å². The lowest BCUT2D eigenvalue weighted by molar-refractivity contribution is -0.133. The van der Waals surface area contributed by atoms with Crippen LogP contribution in [0.15, 0.2) is 54.6 Å². The van der Waals surface area contributed by atoms with Crippen molar-refractivity contribution >= 4 is 17.5 Å². The van der Waals surface area contributed by atoms with Crippen molar-refractivity contribution in [2.24, 2.45) is 0 Å². The molecule has 0 spiro atoms. The number of hydrogen-bond donors (Lipinski definition) is 1. The van der Waals surface area contributed by atoms with Gasteiger partial charge in [-0.25, -0.2) is 0 Å². The van der Waals surface area contributed by atoms with Gasteiger partial charge in [-0.3, -0.25) is 9.59 Å². The first-order valence-electron chi connectivity index (χ1n) is 11.2. The fourth-order valence-corrected chi connectivity index (χ4v) is 3.92. The topological polar surface area (TPSA) is 95.6 Å². The number of benzene rings is 3. The minimum absolute atomic E-state index is 0.0826. The van der Waals surface area contributed by atoms with Gasteiger partial charge in [0.25, 0.3) is 11.8 Å². The molecule has 0 saturated carbocycles. The molecule has 0 radical (unpaired) electrons. The van der Waals surface area contributed by atoms with Crippen LogP contribution in [0.5, 0.6) is 28.7 Å². The van der Waals surface area contributed by atoms with Gasteiger partial charge in [0, 0.05) is 47.6 Å². The number of rotatable bonds is 8. The number of carbonyl (C=O) groups is 2. The zero-order valence-electron chi connectivity index (χ0n) is 20.6. The molecule has 3 aromatic carbocycles. The smallest absolute Gasteiger partial charge is 0.261 e. The number of amides is 2. The van der Waals surface area contributed by atoms with Crippen molar-refractivity contribution in [1.82, 2.24) is 4.90 Å². The van der Waals surface area contributed by atoms with Gasteiger partial charge in [-0.05, 0) is 42.5 Å². The van der Waals surface area contributed by atoms with Crippen LogP contribution in [0.1, 0.15) is 21.5 Å². The molecule has 9 nitrogen and oxygen atoms in total. The zero-order valence-corrected chi connectivity index (χ0v) is 20.6. The Kier molecular flexibility index (Phi) is 7.48. The summed E-state index contributed by atoms with van der Waals surface area (Å²) in [5, 5.41) is 2.90. The molecular formula is C27H28N2O7. The molecule has 0 atom stereocenters. The highest BCUT2D eigenvalue weighted by Crippen LogP contribution is 2.31. The normalized spacial score (nSPS) is 12.7. The maximum Gasteiger partial charge on any atom is 0.261 e. The monoisotopic (exact) mass is 492 g/mol. The van der Waals surface area contributed by atoms with Gasteiger partial charge in [0.15, 0.2) is 6.61 Å². The minimum atomic E-state index is -0.322. The van der Waals surface area contributed by atoms with Gasteiger partial charge in [0.1, 0.15) is 28.7 Å². The summed E-state index contributed by atoms with van der Waals surface area (Å²) in [4.78, 5) is 27.4. The molecule has 0 unspecified atom stereocenters. The minimum Gasteiger partial charge on any atom is -0.497 e. The number of carbonyl (C=O) groups excluding carboxylic acids is 2. The molecule has 1 aliphatic rings. The summed E-state index contributed by atoms with van der Waals surface area (Å²) in [6.45, 7) is 0.551. The molecule has 9 heteroatoms. The highest BCUT2D eigenvalue weighted by molar-refractivity contribution is 6.05. The SMILES string of the molecule is COc1cc(OC)cc(C(=O)Nc2ccc3c(c2)CN(Cc2ccc(OC)cc2OC)C(=O)CO3)c1. The Balaban J connectivity index is 1.55. The van der Waals surface area contributed by atoms with Crippen LogP contribution in [0.3, 0.4) is 0 Å². The molecule has 0 aliphatic carbocycles. The van der Waals surface area contributed by atoms with E-state index < -0.39 is 0 Å². The van der Waals surface area contributed by atoms with Crippen molar-refractivity contribution in [2.75, 3.05) is 40.4 Å². The van der Waals surface area contributed by atoms with Gasteiger partial charge in [-0.2, -0.15) is 0 Å². The number of anilines is 1. The lowest BCUT2D eigenvalue weighted by Gasteiger charge is -2.22. The van der Waals surface area contributed by atoms with Crippen molar-refractivity contribution in [3.05, 3.63) is 71.3 Å². The van der Waals surface area contributed by atoms with E-state index in [1.54, 1.807) is 55.5 Å². The molecule has 188 valence electrons. The second-order valence-corrected chi connectivity index (χ2v) is 8.09. The van der Waals surface area contributed by atoms with E-state index in [1.807, 2.05) is 18.2 Å². The van der Waals surface area contributed by atoms with Gasteiger partial charge in [0.2, 0.25) is 0 Å². The van der Waals surface area contributed by atoms with E-state index in [0.717, 1.165) is 11.1 Å². The number of methoxy groups -OCH3 is 4. The Labute approximate surface area is 209 Å². The maximum absolute atomic E-state index is 12.9. The van der Waals surface area contributed by atoms with Gasteiger partial charge in [0.05, 0.1) is 28.4 Å². The average Bonchev–Trinajstić information content (AvgIpc) is 3.06. The highest BCUT2D eigenvalue weighted by Gasteiger charge is 2.23. The van der Waals surface area contributed by atoms with E-state index in [0.29, 0.717) is 53.1 Å². The summed E-state index contributed by atoms with van der Waals surface area (Å²) in [6.07, 6.45) is 0. The Morgan fingerprint density at radius 2 is 1.61 bits per heavy atom. The molecule has 1 heterocycles. The van der Waals surface area contributed by atoms with Crippen molar-refractivity contribution < 1.29 is 33.3 Å². The Morgan fingerprint density at radius 3 is 2.28 bits per heavy atom. The van der Waals surface area contributed by atoms with Crippen molar-refractivity contribution in [3.63, 3.8) is 0 Å². The van der Waals surface area contributed by atoms with Crippen LogP contribution in [0.2, 0.25) is 0 Å². The van der Waals surface area contributed by atoms with E-state index in [4.69, 9.17) is 23.7 Å². The predicted octanol–water partition coefficient (Wildman–Crippen LogP) is 3.89. The van der Waals surface area contributed by atoms with Crippen molar-refractivity contribution in [1.29, 1.82) is 0 Å². The lowest BCUT2D eigenvalue weighted by atomic mass is 10.1. The molecule has 1 N–H and O–H groups in total. The quantitative estimate of drug-likeness (QED) is 0.510. The molecule has 36 heavy (non-hydrogen) atoms. The van der Waals surface area contributed by atoms with E-state index in [-0.39, 0.29) is 18.4 Å². The first-order valence-corrected chi connectivity index (χ1v) is 11.2. The predicted molar refractivity (Wildman–Crippen MR) is 133 cm³/mol. The lowest BCUT2D eigenvalue weighted by Crippen LogP contribution is -2.32. The molecule has 3 aromatic rings. The number of nitrogens with one attached hydrogen (secondary N) is 1. The first kappa shape index (κ1) is 24.7. The van der Waals surface area contributed by atoms with E-state index in [1.165, 1.54) is 14.2 Å². The third kappa shape index (κ3) is 5.46. The summed E-state index contributed by atoms with van der Waals surface area (Å²) in [6, 6.07) is 15.7. The van der Waals surface area contributed by atoms with E-state index in [2.05, 4.69) is 5.32 Å². The average molecular weight is 493 g/mol. The second kappa shape index (κ2) is 10.9. The maximum atomic E-state index is 12.9. The molecule has 1 aliphatic heterocycles. The Morgan fingerprint density at radius 1 is 0.889 bits per heavy atom. The highest BCUT2D eigenvalue weighted by atomic mass is 16.5. The Bertz CT molecular complexity index is 1250. The molecular weight excluding hydrogens is 464 g/mol. The molecule has 0 saturated heterocycles. The summed E-state index contributed by atoms with van der Waals surface area (Å²) >= 11 is 0. The fraction of sp³-hybridized carbons (Fsp3) is 0.259. The second-order valence-electron chi connectivity index (χ2n) is 8.09. The van der Waals surface area contributed by atoms with Crippen LogP contribution in [0, 0.1) is 0 Å². The zero-order chi connectivity index (χ0) is 25.7. The van der Waals surface area contributed by atoms with E-state index >= 15 is 0 Å². The largest absolute Gasteiger partial charge is 0.497 e. The molecule has 0 bridgehead atoms. The van der Waals surface area contributed by atoms with Crippen LogP contribution in [0.4, 0.5) is 5.69 Å². The Hall–Kier alpha value is -4.40. The third-order valence-electron chi connectivity index (χ3n) is 5.85. The van der Waals surface area contributed by atoms with Crippen LogP contribution < -0.4 is 29.0 Å². The molecule has 0 fully saturated rings. The summed E-state index contributed by atoms with van der Waals surface area (Å²) in [5.74, 6) is 2.43. The van der Waals surface area contributed by atoms with Gasteiger partial charge < -0.3 is 33.9 Å². The van der Waals surface area contributed by atoms with Gasteiger partial charge in [-0.15, -0.1) is 0 Å². The summed E-state index contributed by atoms with van der Waals surface area (Å²) in [7, 11) is 6.21.